The fourth-order valence-corrected chi connectivity index (χ4v) is 8.54. The summed E-state index contributed by atoms with van der Waals surface area (Å²) in [6.45, 7) is 0. The van der Waals surface area contributed by atoms with Crippen molar-refractivity contribution in [2.24, 2.45) is 0 Å². The van der Waals surface area contributed by atoms with Crippen LogP contribution in [0.25, 0.3) is 78.4 Å². The molecular formula is C46H27N3O. The Morgan fingerprint density at radius 1 is 0.360 bits per heavy atom. The summed E-state index contributed by atoms with van der Waals surface area (Å²) in [5, 5.41) is 2.04. The Morgan fingerprint density at radius 2 is 0.880 bits per heavy atom. The molecule has 0 bridgehead atoms. The first kappa shape index (κ1) is 27.3. The van der Waals surface area contributed by atoms with Crippen LogP contribution in [0.3, 0.4) is 0 Å². The number of furan rings is 1. The van der Waals surface area contributed by atoms with Gasteiger partial charge in [0.1, 0.15) is 11.2 Å². The lowest BCUT2D eigenvalue weighted by atomic mass is 9.70. The third-order valence-corrected chi connectivity index (χ3v) is 10.6. The zero-order valence-electron chi connectivity index (χ0n) is 26.8. The second-order valence-electron chi connectivity index (χ2n) is 13.1. The van der Waals surface area contributed by atoms with Crippen LogP contribution in [0, 0.1) is 0 Å². The topological polar surface area (TPSA) is 51.8 Å². The van der Waals surface area contributed by atoms with Gasteiger partial charge in [0.15, 0.2) is 17.5 Å². The summed E-state index contributed by atoms with van der Waals surface area (Å²) >= 11 is 0. The highest BCUT2D eigenvalue weighted by atomic mass is 16.3. The van der Waals surface area contributed by atoms with Crippen LogP contribution in [-0.4, -0.2) is 15.0 Å². The average Bonchev–Trinajstić information content (AvgIpc) is 3.82. The second kappa shape index (κ2) is 10.2. The summed E-state index contributed by atoms with van der Waals surface area (Å²) < 4.78 is 6.25. The monoisotopic (exact) mass is 637 g/mol. The summed E-state index contributed by atoms with van der Waals surface area (Å²) in [5.74, 6) is 1.88. The van der Waals surface area contributed by atoms with Crippen LogP contribution < -0.4 is 0 Å². The van der Waals surface area contributed by atoms with Crippen LogP contribution in [0.4, 0.5) is 0 Å². The maximum absolute atomic E-state index is 6.25. The van der Waals surface area contributed by atoms with Crippen molar-refractivity contribution in [1.29, 1.82) is 0 Å². The number of rotatable bonds is 3. The first-order valence-corrected chi connectivity index (χ1v) is 17.0. The van der Waals surface area contributed by atoms with Crippen LogP contribution in [0.5, 0.6) is 0 Å². The zero-order valence-corrected chi connectivity index (χ0v) is 26.8. The molecule has 0 saturated heterocycles. The highest BCUT2D eigenvalue weighted by Gasteiger charge is 2.51. The van der Waals surface area contributed by atoms with E-state index in [0.717, 1.165) is 38.6 Å². The predicted molar refractivity (Wildman–Crippen MR) is 200 cm³/mol. The number of para-hydroxylation sites is 1. The predicted octanol–water partition coefficient (Wildman–Crippen LogP) is 11.1. The summed E-state index contributed by atoms with van der Waals surface area (Å²) in [6, 6.07) is 57.8. The maximum Gasteiger partial charge on any atom is 0.164 e. The molecule has 1 spiro atoms. The molecule has 4 heteroatoms. The van der Waals surface area contributed by atoms with Crippen molar-refractivity contribution in [3.8, 4) is 56.4 Å². The first-order valence-electron chi connectivity index (χ1n) is 17.0. The smallest absolute Gasteiger partial charge is 0.164 e. The summed E-state index contributed by atoms with van der Waals surface area (Å²) in [4.78, 5) is 15.4. The largest absolute Gasteiger partial charge is 0.456 e. The molecule has 9 aromatic rings. The Hall–Kier alpha value is -6.65. The fourth-order valence-electron chi connectivity index (χ4n) is 8.54. The summed E-state index contributed by atoms with van der Waals surface area (Å²) in [7, 11) is 0. The standard InChI is InChI=1S/C46H27N3O/c1-2-13-28(14-3-1)43-47-44(49-45(48-43)34-19-12-24-41-42(34)33-18-7-11-23-40(33)50-41)29-25-26-39-35(27-29)32-17-6-10-22-38(32)46(39)36-20-8-4-15-30(36)31-16-5-9-21-37(31)46/h1-27H. The minimum Gasteiger partial charge on any atom is -0.456 e. The number of nitrogens with zero attached hydrogens (tertiary/aromatic N) is 3. The lowest BCUT2D eigenvalue weighted by molar-refractivity contribution is 0.669. The maximum atomic E-state index is 6.25. The molecular weight excluding hydrogens is 611 g/mol. The highest BCUT2D eigenvalue weighted by Crippen LogP contribution is 2.62. The van der Waals surface area contributed by atoms with Gasteiger partial charge in [-0.2, -0.15) is 0 Å². The van der Waals surface area contributed by atoms with Gasteiger partial charge in [-0.05, 0) is 62.7 Å². The second-order valence-corrected chi connectivity index (χ2v) is 13.1. The Bertz CT molecular complexity index is 2790. The molecule has 0 atom stereocenters. The van der Waals surface area contributed by atoms with Crippen LogP contribution in [0.1, 0.15) is 22.3 Å². The van der Waals surface area contributed by atoms with Gasteiger partial charge in [0.05, 0.1) is 5.41 Å². The molecule has 2 aromatic heterocycles. The molecule has 232 valence electrons. The minimum absolute atomic E-state index is 0.394. The Morgan fingerprint density at radius 3 is 1.60 bits per heavy atom. The third kappa shape index (κ3) is 3.62. The normalized spacial score (nSPS) is 13.4. The highest BCUT2D eigenvalue weighted by molar-refractivity contribution is 6.11. The molecule has 2 aliphatic carbocycles. The van der Waals surface area contributed by atoms with Crippen LogP contribution in [-0.2, 0) is 5.41 Å². The number of fused-ring (bicyclic) bond motifs is 13. The molecule has 50 heavy (non-hydrogen) atoms. The van der Waals surface area contributed by atoms with Crippen molar-refractivity contribution in [3.05, 3.63) is 186 Å². The summed E-state index contributed by atoms with van der Waals surface area (Å²) in [5.41, 5.74) is 14.3. The summed E-state index contributed by atoms with van der Waals surface area (Å²) in [6.07, 6.45) is 0. The van der Waals surface area contributed by atoms with Crippen LogP contribution in [0.15, 0.2) is 168 Å². The van der Waals surface area contributed by atoms with Crippen molar-refractivity contribution < 1.29 is 4.42 Å². The van der Waals surface area contributed by atoms with E-state index in [0.29, 0.717) is 17.5 Å². The molecule has 0 radical (unpaired) electrons. The quantitative estimate of drug-likeness (QED) is 0.193. The third-order valence-electron chi connectivity index (χ3n) is 10.6. The van der Waals surface area contributed by atoms with E-state index in [4.69, 9.17) is 19.4 Å². The van der Waals surface area contributed by atoms with E-state index in [9.17, 15) is 0 Å². The van der Waals surface area contributed by atoms with Gasteiger partial charge in [0, 0.05) is 27.5 Å². The first-order chi connectivity index (χ1) is 24.8. The lowest BCUT2D eigenvalue weighted by Gasteiger charge is -2.30. The zero-order chi connectivity index (χ0) is 32.8. The van der Waals surface area contributed by atoms with Crippen molar-refractivity contribution in [3.63, 3.8) is 0 Å². The molecule has 0 amide bonds. The fraction of sp³-hybridized carbons (Fsp3) is 0.0217. The Kier molecular flexibility index (Phi) is 5.56. The minimum atomic E-state index is -0.394. The molecule has 0 unspecified atom stereocenters. The van der Waals surface area contributed by atoms with Gasteiger partial charge >= 0.3 is 0 Å². The van der Waals surface area contributed by atoms with Crippen LogP contribution in [0.2, 0.25) is 0 Å². The molecule has 11 rings (SSSR count). The number of hydrogen-bond acceptors (Lipinski definition) is 4. The molecule has 0 fully saturated rings. The molecule has 2 heterocycles. The van der Waals surface area contributed by atoms with Gasteiger partial charge in [-0.1, -0.05) is 146 Å². The average molecular weight is 638 g/mol. The molecule has 4 nitrogen and oxygen atoms in total. The molecule has 7 aromatic carbocycles. The van der Waals surface area contributed by atoms with E-state index in [1.54, 1.807) is 0 Å². The van der Waals surface area contributed by atoms with Gasteiger partial charge < -0.3 is 4.42 Å². The number of benzene rings is 7. The van der Waals surface area contributed by atoms with E-state index >= 15 is 0 Å². The van der Waals surface area contributed by atoms with Gasteiger partial charge in [-0.15, -0.1) is 0 Å². The van der Waals surface area contributed by atoms with E-state index in [-0.39, 0.29) is 0 Å². The van der Waals surface area contributed by atoms with E-state index < -0.39 is 5.41 Å². The van der Waals surface area contributed by atoms with Gasteiger partial charge in [-0.25, -0.2) is 15.0 Å². The number of aromatic nitrogens is 3. The van der Waals surface area contributed by atoms with E-state index in [2.05, 4.69) is 115 Å². The van der Waals surface area contributed by atoms with Gasteiger partial charge in [0.2, 0.25) is 0 Å². The van der Waals surface area contributed by atoms with Crippen molar-refractivity contribution in [2.45, 2.75) is 5.41 Å². The van der Waals surface area contributed by atoms with Crippen LogP contribution >= 0.6 is 0 Å². The SMILES string of the molecule is c1ccc(-c2nc(-c3ccc4c(c3)-c3ccccc3C43c4ccccc4-c4ccccc43)nc(-c3cccc4oc5ccccc5c34)n2)cc1. The van der Waals surface area contributed by atoms with Gasteiger partial charge in [0.25, 0.3) is 0 Å². The molecule has 0 N–H and O–H groups in total. The lowest BCUT2D eigenvalue weighted by Crippen LogP contribution is -2.25. The van der Waals surface area contributed by atoms with E-state index in [1.807, 2.05) is 48.5 Å². The van der Waals surface area contributed by atoms with Gasteiger partial charge in [-0.3, -0.25) is 0 Å². The Balaban J connectivity index is 1.16. The van der Waals surface area contributed by atoms with Crippen molar-refractivity contribution in [2.75, 3.05) is 0 Å². The Labute approximate surface area is 288 Å². The van der Waals surface area contributed by atoms with Crippen molar-refractivity contribution >= 4 is 21.9 Å². The van der Waals surface area contributed by atoms with Crippen molar-refractivity contribution in [1.82, 2.24) is 15.0 Å². The van der Waals surface area contributed by atoms with E-state index in [1.165, 1.54) is 44.5 Å². The molecule has 0 saturated carbocycles. The molecule has 0 aliphatic heterocycles. The number of hydrogen-bond donors (Lipinski definition) is 0. The molecule has 2 aliphatic rings.